The molecule has 1 aromatic heterocycles. The van der Waals surface area contributed by atoms with Gasteiger partial charge in [-0.25, -0.2) is 0 Å². The largest absolute Gasteiger partial charge is 0.486 e. The first-order chi connectivity index (χ1) is 16.7. The van der Waals surface area contributed by atoms with Gasteiger partial charge in [0.25, 0.3) is 11.8 Å². The SMILES string of the molecule is O=C(Nc1ccccc1C(=O)N1CCCCC1)c1ccc(COc2ccc3ccccc3c2)o1. The van der Waals surface area contributed by atoms with E-state index >= 15 is 0 Å². The van der Waals surface area contributed by atoms with Crippen LogP contribution in [0.1, 0.15) is 45.9 Å². The lowest BCUT2D eigenvalue weighted by molar-refractivity contribution is 0.0725. The van der Waals surface area contributed by atoms with Crippen molar-refractivity contribution in [2.45, 2.75) is 25.9 Å². The summed E-state index contributed by atoms with van der Waals surface area (Å²) in [6.07, 6.45) is 3.17. The predicted octanol–water partition coefficient (Wildman–Crippen LogP) is 5.89. The van der Waals surface area contributed by atoms with Crippen molar-refractivity contribution in [1.29, 1.82) is 0 Å². The minimum Gasteiger partial charge on any atom is -0.486 e. The van der Waals surface area contributed by atoms with E-state index in [-0.39, 0.29) is 18.3 Å². The Labute approximate surface area is 198 Å². The van der Waals surface area contributed by atoms with E-state index in [4.69, 9.17) is 9.15 Å². The molecule has 1 aliphatic heterocycles. The van der Waals surface area contributed by atoms with Crippen LogP contribution in [0.25, 0.3) is 10.8 Å². The van der Waals surface area contributed by atoms with Gasteiger partial charge in [-0.1, -0.05) is 42.5 Å². The summed E-state index contributed by atoms with van der Waals surface area (Å²) in [7, 11) is 0. The van der Waals surface area contributed by atoms with Crippen LogP contribution < -0.4 is 10.1 Å². The number of carbonyl (C=O) groups is 2. The molecule has 0 radical (unpaired) electrons. The van der Waals surface area contributed by atoms with Crippen LogP contribution in [0, 0.1) is 0 Å². The topological polar surface area (TPSA) is 71.8 Å². The zero-order valence-corrected chi connectivity index (χ0v) is 18.8. The molecule has 1 N–H and O–H groups in total. The lowest BCUT2D eigenvalue weighted by atomic mass is 10.1. The van der Waals surface area contributed by atoms with Crippen molar-refractivity contribution in [1.82, 2.24) is 4.90 Å². The summed E-state index contributed by atoms with van der Waals surface area (Å²) in [5.74, 6) is 0.968. The summed E-state index contributed by atoms with van der Waals surface area (Å²) >= 11 is 0. The van der Waals surface area contributed by atoms with Crippen molar-refractivity contribution < 1.29 is 18.7 Å². The van der Waals surface area contributed by atoms with E-state index in [0.717, 1.165) is 48.9 Å². The average molecular weight is 455 g/mol. The minimum absolute atomic E-state index is 0.0560. The number of hydrogen-bond acceptors (Lipinski definition) is 4. The number of nitrogens with one attached hydrogen (secondary N) is 1. The van der Waals surface area contributed by atoms with Crippen LogP contribution in [0.4, 0.5) is 5.69 Å². The van der Waals surface area contributed by atoms with E-state index in [9.17, 15) is 9.59 Å². The highest BCUT2D eigenvalue weighted by atomic mass is 16.5. The highest BCUT2D eigenvalue weighted by molar-refractivity contribution is 6.07. The first-order valence-electron chi connectivity index (χ1n) is 11.6. The Morgan fingerprint density at radius 1 is 0.853 bits per heavy atom. The van der Waals surface area contributed by atoms with Crippen molar-refractivity contribution in [3.63, 3.8) is 0 Å². The molecule has 1 aliphatic rings. The lowest BCUT2D eigenvalue weighted by Crippen LogP contribution is -2.36. The number of ether oxygens (including phenoxy) is 1. The molecule has 6 nitrogen and oxygen atoms in total. The van der Waals surface area contributed by atoms with Gasteiger partial charge >= 0.3 is 0 Å². The van der Waals surface area contributed by atoms with Crippen LogP contribution >= 0.6 is 0 Å². The lowest BCUT2D eigenvalue weighted by Gasteiger charge is -2.27. The minimum atomic E-state index is -0.407. The third kappa shape index (κ3) is 4.81. The molecule has 172 valence electrons. The zero-order chi connectivity index (χ0) is 23.3. The maximum Gasteiger partial charge on any atom is 0.291 e. The second-order valence-electron chi connectivity index (χ2n) is 8.42. The molecule has 0 saturated carbocycles. The normalized spacial score (nSPS) is 13.6. The summed E-state index contributed by atoms with van der Waals surface area (Å²) < 4.78 is 11.6. The Bertz CT molecular complexity index is 1320. The standard InChI is InChI=1S/C28H26N2O4/c31-27(29-25-11-5-4-10-24(25)28(32)30-16-6-1-7-17-30)26-15-14-23(34-26)19-33-22-13-12-20-8-2-3-9-21(20)18-22/h2-5,8-15,18H,1,6-7,16-17,19H2,(H,29,31). The van der Waals surface area contributed by atoms with Gasteiger partial charge < -0.3 is 19.4 Å². The van der Waals surface area contributed by atoms with Crippen LogP contribution in [0.2, 0.25) is 0 Å². The summed E-state index contributed by atoms with van der Waals surface area (Å²) in [5.41, 5.74) is 0.970. The number of hydrogen-bond donors (Lipinski definition) is 1. The monoisotopic (exact) mass is 454 g/mol. The van der Waals surface area contributed by atoms with Gasteiger partial charge in [-0.05, 0) is 66.4 Å². The number of carbonyl (C=O) groups excluding carboxylic acids is 2. The molecule has 1 saturated heterocycles. The van der Waals surface area contributed by atoms with Gasteiger partial charge in [0.2, 0.25) is 0 Å². The van der Waals surface area contributed by atoms with Crippen LogP contribution in [-0.4, -0.2) is 29.8 Å². The average Bonchev–Trinajstić information content (AvgIpc) is 3.37. The fourth-order valence-electron chi connectivity index (χ4n) is 4.22. The smallest absolute Gasteiger partial charge is 0.291 e. The summed E-state index contributed by atoms with van der Waals surface area (Å²) in [5, 5.41) is 5.07. The summed E-state index contributed by atoms with van der Waals surface area (Å²) in [6, 6.07) is 24.4. The van der Waals surface area contributed by atoms with Gasteiger partial charge in [-0.15, -0.1) is 0 Å². The van der Waals surface area contributed by atoms with Gasteiger partial charge in [-0.3, -0.25) is 9.59 Å². The van der Waals surface area contributed by atoms with Crippen LogP contribution in [0.15, 0.2) is 83.3 Å². The van der Waals surface area contributed by atoms with Crippen LogP contribution in [0.3, 0.4) is 0 Å². The molecule has 0 unspecified atom stereocenters. The first-order valence-corrected chi connectivity index (χ1v) is 11.6. The van der Waals surface area contributed by atoms with E-state index in [1.807, 2.05) is 47.4 Å². The van der Waals surface area contributed by atoms with Crippen LogP contribution in [0.5, 0.6) is 5.75 Å². The maximum atomic E-state index is 13.0. The zero-order valence-electron chi connectivity index (χ0n) is 18.8. The van der Waals surface area contributed by atoms with E-state index in [0.29, 0.717) is 17.0 Å². The molecule has 4 aromatic rings. The highest BCUT2D eigenvalue weighted by Gasteiger charge is 2.22. The van der Waals surface area contributed by atoms with Gasteiger partial charge in [-0.2, -0.15) is 0 Å². The number of likely N-dealkylation sites (tertiary alicyclic amines) is 1. The number of fused-ring (bicyclic) bond motifs is 1. The van der Waals surface area contributed by atoms with Crippen molar-refractivity contribution >= 4 is 28.3 Å². The second kappa shape index (κ2) is 9.83. The van der Waals surface area contributed by atoms with E-state index in [1.54, 1.807) is 30.3 Å². The van der Waals surface area contributed by atoms with Crippen molar-refractivity contribution in [3.8, 4) is 5.75 Å². The Morgan fingerprint density at radius 3 is 2.47 bits per heavy atom. The van der Waals surface area contributed by atoms with Crippen molar-refractivity contribution in [3.05, 3.63) is 95.9 Å². The highest BCUT2D eigenvalue weighted by Crippen LogP contribution is 2.23. The molecule has 6 heteroatoms. The molecule has 1 fully saturated rings. The molecule has 34 heavy (non-hydrogen) atoms. The maximum absolute atomic E-state index is 13.0. The number of piperidine rings is 1. The van der Waals surface area contributed by atoms with E-state index < -0.39 is 5.91 Å². The fraction of sp³-hybridized carbons (Fsp3) is 0.214. The Hall–Kier alpha value is -4.06. The number of furan rings is 1. The fourth-order valence-corrected chi connectivity index (χ4v) is 4.22. The number of benzene rings is 3. The Kier molecular flexibility index (Phi) is 6.29. The number of anilines is 1. The van der Waals surface area contributed by atoms with Gasteiger partial charge in [0.1, 0.15) is 18.1 Å². The molecular formula is C28H26N2O4. The quantitative estimate of drug-likeness (QED) is 0.394. The molecule has 0 spiro atoms. The summed E-state index contributed by atoms with van der Waals surface area (Å²) in [6.45, 7) is 1.70. The number of amides is 2. The van der Waals surface area contributed by atoms with E-state index in [2.05, 4.69) is 11.4 Å². The number of para-hydroxylation sites is 1. The number of nitrogens with zero attached hydrogens (tertiary/aromatic N) is 1. The third-order valence-corrected chi connectivity index (χ3v) is 6.04. The molecule has 0 bridgehead atoms. The number of rotatable bonds is 6. The van der Waals surface area contributed by atoms with Crippen molar-refractivity contribution in [2.75, 3.05) is 18.4 Å². The van der Waals surface area contributed by atoms with Crippen LogP contribution in [-0.2, 0) is 6.61 Å². The first kappa shape index (κ1) is 21.8. The van der Waals surface area contributed by atoms with Crippen molar-refractivity contribution in [2.24, 2.45) is 0 Å². The molecular weight excluding hydrogens is 428 g/mol. The Morgan fingerprint density at radius 2 is 1.62 bits per heavy atom. The molecule has 0 aliphatic carbocycles. The van der Waals surface area contributed by atoms with Gasteiger partial charge in [0.15, 0.2) is 5.76 Å². The van der Waals surface area contributed by atoms with Gasteiger partial charge in [0, 0.05) is 13.1 Å². The molecule has 5 rings (SSSR count). The van der Waals surface area contributed by atoms with E-state index in [1.165, 1.54) is 0 Å². The molecule has 3 aromatic carbocycles. The predicted molar refractivity (Wildman–Crippen MR) is 131 cm³/mol. The molecule has 0 atom stereocenters. The summed E-state index contributed by atoms with van der Waals surface area (Å²) in [4.78, 5) is 27.7. The second-order valence-corrected chi connectivity index (χ2v) is 8.42. The molecule has 2 heterocycles. The third-order valence-electron chi connectivity index (χ3n) is 6.04. The molecule has 2 amide bonds. The Balaban J connectivity index is 1.24. The van der Waals surface area contributed by atoms with Gasteiger partial charge in [0.05, 0.1) is 11.3 Å².